The van der Waals surface area contributed by atoms with Gasteiger partial charge < -0.3 is 15.4 Å². The maximum Gasteiger partial charge on any atom is 0.416 e. The van der Waals surface area contributed by atoms with Crippen LogP contribution >= 0.6 is 0 Å². The molecule has 1 saturated heterocycles. The maximum atomic E-state index is 12.9. The molecule has 4 aromatic rings. The number of halogens is 3. The van der Waals surface area contributed by atoms with Crippen LogP contribution in [-0.2, 0) is 18.3 Å². The molecular weight excluding hydrogens is 435 g/mol. The van der Waals surface area contributed by atoms with E-state index >= 15 is 0 Å². The summed E-state index contributed by atoms with van der Waals surface area (Å²) in [6.45, 7) is 2.32. The van der Waals surface area contributed by atoms with Crippen LogP contribution in [0.15, 0.2) is 49.1 Å². The van der Waals surface area contributed by atoms with E-state index in [0.29, 0.717) is 24.2 Å². The molecule has 4 heterocycles. The Hall–Kier alpha value is -3.31. The molecule has 0 radical (unpaired) electrons. The monoisotopic (exact) mass is 457 g/mol. The second-order valence-corrected chi connectivity index (χ2v) is 8.54. The van der Waals surface area contributed by atoms with Crippen molar-refractivity contribution in [2.45, 2.75) is 50.2 Å². The fraction of sp³-hybridized carbons (Fsp3) is 0.364. The van der Waals surface area contributed by atoms with Crippen molar-refractivity contribution in [2.24, 2.45) is 0 Å². The number of nitrogens with one attached hydrogen (secondary N) is 2. The van der Waals surface area contributed by atoms with Gasteiger partial charge in [0.1, 0.15) is 12.0 Å². The molecule has 33 heavy (non-hydrogen) atoms. The Morgan fingerprint density at radius 3 is 2.70 bits per heavy atom. The molecule has 0 amide bonds. The standard InChI is InChI=1S/C22H22F3N7O/c1-13-8-21(33,14-2-4-15(5-3-14)22(23,24)25)9-17(29-13)19-11-32(31-30-19)10-18-16-6-7-26-20(16)28-12-27-18/h2-7,11-13,17,29,33H,8-10H2,1H3,(H,26,27,28)/t13-,17-,21?/m0/s1. The topological polar surface area (TPSA) is 105 Å². The minimum absolute atomic E-state index is 0.0810. The molecule has 0 aliphatic carbocycles. The Morgan fingerprint density at radius 2 is 1.94 bits per heavy atom. The quantitative estimate of drug-likeness (QED) is 0.434. The van der Waals surface area contributed by atoms with E-state index in [1.54, 1.807) is 17.1 Å². The molecule has 0 saturated carbocycles. The number of piperidine rings is 1. The van der Waals surface area contributed by atoms with Gasteiger partial charge in [-0.3, -0.25) is 0 Å². The van der Waals surface area contributed by atoms with Crippen molar-refractivity contribution in [3.8, 4) is 0 Å². The van der Waals surface area contributed by atoms with Crippen LogP contribution < -0.4 is 5.32 Å². The summed E-state index contributed by atoms with van der Waals surface area (Å²) in [4.78, 5) is 11.6. The fourth-order valence-corrected chi connectivity index (χ4v) is 4.54. The third kappa shape index (κ3) is 4.21. The van der Waals surface area contributed by atoms with Crippen molar-refractivity contribution in [2.75, 3.05) is 0 Å². The maximum absolute atomic E-state index is 12.9. The zero-order chi connectivity index (χ0) is 23.2. The van der Waals surface area contributed by atoms with Crippen molar-refractivity contribution in [1.29, 1.82) is 0 Å². The summed E-state index contributed by atoms with van der Waals surface area (Å²) in [5.41, 5.74) is 0.613. The van der Waals surface area contributed by atoms with Gasteiger partial charge in [-0.2, -0.15) is 13.2 Å². The first kappa shape index (κ1) is 21.5. The summed E-state index contributed by atoms with van der Waals surface area (Å²) in [6, 6.07) is 6.23. The van der Waals surface area contributed by atoms with Crippen LogP contribution in [0.3, 0.4) is 0 Å². The summed E-state index contributed by atoms with van der Waals surface area (Å²) in [7, 11) is 0. The van der Waals surface area contributed by atoms with Gasteiger partial charge in [-0.1, -0.05) is 17.3 Å². The lowest BCUT2D eigenvalue weighted by Gasteiger charge is -2.40. The lowest BCUT2D eigenvalue weighted by Crippen LogP contribution is -2.47. The molecule has 3 atom stereocenters. The minimum Gasteiger partial charge on any atom is -0.385 e. The number of H-pyrrole nitrogens is 1. The summed E-state index contributed by atoms with van der Waals surface area (Å²) in [5, 5.41) is 24.2. The van der Waals surface area contributed by atoms with Crippen molar-refractivity contribution in [3.05, 3.63) is 71.6 Å². The molecule has 3 N–H and O–H groups in total. The number of fused-ring (bicyclic) bond motifs is 1. The largest absolute Gasteiger partial charge is 0.416 e. The minimum atomic E-state index is -4.42. The molecule has 1 aliphatic rings. The fourth-order valence-electron chi connectivity index (χ4n) is 4.54. The Labute approximate surface area is 186 Å². The van der Waals surface area contributed by atoms with Gasteiger partial charge in [-0.05, 0) is 37.1 Å². The van der Waals surface area contributed by atoms with E-state index in [0.717, 1.165) is 28.9 Å². The highest BCUT2D eigenvalue weighted by molar-refractivity contribution is 5.77. The van der Waals surface area contributed by atoms with E-state index in [1.165, 1.54) is 18.5 Å². The van der Waals surface area contributed by atoms with E-state index in [9.17, 15) is 18.3 Å². The Kier molecular flexibility index (Phi) is 5.17. The van der Waals surface area contributed by atoms with Crippen LogP contribution in [0.1, 0.15) is 48.3 Å². The lowest BCUT2D eigenvalue weighted by molar-refractivity contribution is -0.137. The number of nitrogens with zero attached hydrogens (tertiary/aromatic N) is 5. The average molecular weight is 457 g/mol. The molecule has 11 heteroatoms. The molecular formula is C22H22F3N7O. The van der Waals surface area contributed by atoms with E-state index in [4.69, 9.17) is 0 Å². The molecule has 0 bridgehead atoms. The number of aliphatic hydroxyl groups is 1. The van der Waals surface area contributed by atoms with E-state index in [2.05, 4.69) is 30.6 Å². The second kappa shape index (κ2) is 7.92. The number of aromatic nitrogens is 6. The third-order valence-corrected chi connectivity index (χ3v) is 6.08. The van der Waals surface area contributed by atoms with Crippen LogP contribution in [0.4, 0.5) is 13.2 Å². The normalized spacial score (nSPS) is 23.8. The number of alkyl halides is 3. The van der Waals surface area contributed by atoms with Crippen molar-refractivity contribution in [3.63, 3.8) is 0 Å². The highest BCUT2D eigenvalue weighted by Crippen LogP contribution is 2.40. The van der Waals surface area contributed by atoms with Crippen LogP contribution in [0.5, 0.6) is 0 Å². The average Bonchev–Trinajstić information content (AvgIpc) is 3.43. The SMILES string of the molecule is C[C@H]1CC(O)(c2ccc(C(F)(F)F)cc2)C[C@@H](c2cn(Cc3ncnc4[nH]ccc34)nn2)N1. The first-order valence-corrected chi connectivity index (χ1v) is 10.5. The summed E-state index contributed by atoms with van der Waals surface area (Å²) >= 11 is 0. The molecule has 8 nitrogen and oxygen atoms in total. The smallest absolute Gasteiger partial charge is 0.385 e. The van der Waals surface area contributed by atoms with Crippen molar-refractivity contribution < 1.29 is 18.3 Å². The van der Waals surface area contributed by atoms with Gasteiger partial charge in [0, 0.05) is 24.0 Å². The van der Waals surface area contributed by atoms with Gasteiger partial charge in [0.25, 0.3) is 0 Å². The highest BCUT2D eigenvalue weighted by atomic mass is 19.4. The van der Waals surface area contributed by atoms with E-state index in [1.807, 2.05) is 13.0 Å². The first-order valence-electron chi connectivity index (χ1n) is 10.5. The predicted octanol–water partition coefficient (Wildman–Crippen LogP) is 3.32. The molecule has 1 fully saturated rings. The van der Waals surface area contributed by atoms with Crippen molar-refractivity contribution in [1.82, 2.24) is 35.3 Å². The van der Waals surface area contributed by atoms with Crippen LogP contribution in [-0.4, -0.2) is 41.1 Å². The van der Waals surface area contributed by atoms with Crippen molar-refractivity contribution >= 4 is 11.0 Å². The van der Waals surface area contributed by atoms with Crippen LogP contribution in [0.2, 0.25) is 0 Å². The summed E-state index contributed by atoms with van der Waals surface area (Å²) in [6.07, 6.45) is 1.29. The molecule has 3 aromatic heterocycles. The van der Waals surface area contributed by atoms with Gasteiger partial charge in [0.15, 0.2) is 0 Å². The number of aromatic amines is 1. The zero-order valence-electron chi connectivity index (χ0n) is 17.7. The summed E-state index contributed by atoms with van der Waals surface area (Å²) < 4.78 is 40.5. The Bertz CT molecular complexity index is 1270. The van der Waals surface area contributed by atoms with Gasteiger partial charge in [0.2, 0.25) is 0 Å². The number of hydrogen-bond acceptors (Lipinski definition) is 6. The van der Waals surface area contributed by atoms with Gasteiger partial charge in [-0.15, -0.1) is 5.10 Å². The number of rotatable bonds is 4. The van der Waals surface area contributed by atoms with Gasteiger partial charge in [0.05, 0.1) is 41.3 Å². The summed E-state index contributed by atoms with van der Waals surface area (Å²) in [5.74, 6) is 0. The van der Waals surface area contributed by atoms with Crippen LogP contribution in [0.25, 0.3) is 11.0 Å². The molecule has 172 valence electrons. The Morgan fingerprint density at radius 1 is 1.15 bits per heavy atom. The molecule has 1 aliphatic heterocycles. The molecule has 0 spiro atoms. The van der Waals surface area contributed by atoms with Crippen LogP contribution in [0, 0.1) is 0 Å². The number of hydrogen-bond donors (Lipinski definition) is 3. The van der Waals surface area contributed by atoms with E-state index < -0.39 is 17.3 Å². The Balaban J connectivity index is 1.36. The zero-order valence-corrected chi connectivity index (χ0v) is 17.7. The van der Waals surface area contributed by atoms with Gasteiger partial charge >= 0.3 is 6.18 Å². The third-order valence-electron chi connectivity index (χ3n) is 6.08. The predicted molar refractivity (Wildman–Crippen MR) is 113 cm³/mol. The highest BCUT2D eigenvalue weighted by Gasteiger charge is 2.41. The molecule has 1 unspecified atom stereocenters. The number of benzene rings is 1. The first-order chi connectivity index (χ1) is 15.7. The van der Waals surface area contributed by atoms with Gasteiger partial charge in [-0.25, -0.2) is 14.6 Å². The molecule has 1 aromatic carbocycles. The second-order valence-electron chi connectivity index (χ2n) is 8.54. The van der Waals surface area contributed by atoms with E-state index in [-0.39, 0.29) is 18.5 Å². The lowest BCUT2D eigenvalue weighted by atomic mass is 9.78. The molecule has 5 rings (SSSR count).